The second-order valence-corrected chi connectivity index (χ2v) is 3.41. The molecule has 1 rings (SSSR count). The number of thiazole rings is 1. The van der Waals surface area contributed by atoms with Gasteiger partial charge in [-0.3, -0.25) is 0 Å². The van der Waals surface area contributed by atoms with Crippen molar-refractivity contribution >= 4 is 30.1 Å². The molecule has 0 unspecified atom stereocenters. The first-order chi connectivity index (χ1) is 5.65. The lowest BCUT2D eigenvalue weighted by Gasteiger charge is -1.97. The lowest BCUT2D eigenvalue weighted by molar-refractivity contribution is 0.0520. The number of hydrogen-bond donors (Lipinski definition) is 0. The van der Waals surface area contributed by atoms with Crippen molar-refractivity contribution < 1.29 is 9.53 Å². The van der Waals surface area contributed by atoms with E-state index in [2.05, 4.69) is 4.98 Å². The molecule has 3 nitrogen and oxygen atoms in total. The Kier molecular flexibility index (Phi) is 2.86. The number of nitrogens with zero attached hydrogens (tertiary/aromatic N) is 1. The molecule has 1 aromatic rings. The fourth-order valence-electron chi connectivity index (χ4n) is 0.806. The average Bonchev–Trinajstić information content (AvgIpc) is 2.30. The van der Waals surface area contributed by atoms with E-state index < -0.39 is 5.97 Å². The number of esters is 1. The van der Waals surface area contributed by atoms with Gasteiger partial charge < -0.3 is 4.74 Å². The number of aromatic nitrogens is 1. The molecule has 1 heterocycles. The van der Waals surface area contributed by atoms with Crippen LogP contribution in [0, 0.1) is 6.92 Å². The molecule has 0 aliphatic heterocycles. The van der Waals surface area contributed by atoms with Crippen molar-refractivity contribution in [2.45, 2.75) is 13.8 Å². The third-order valence-corrected chi connectivity index (χ3v) is 2.08. The number of ether oxygens (including phenoxy) is 1. The van der Waals surface area contributed by atoms with Crippen LogP contribution in [0.25, 0.3) is 0 Å². The van der Waals surface area contributed by atoms with Crippen LogP contribution in [0.2, 0.25) is 0 Å². The normalized spacial score (nSPS) is 9.83. The van der Waals surface area contributed by atoms with E-state index >= 15 is 0 Å². The summed E-state index contributed by atoms with van der Waals surface area (Å²) in [6, 6.07) is 0. The highest BCUT2D eigenvalue weighted by Gasteiger charge is 2.13. The largest absolute Gasteiger partial charge is 0.461 e. The second kappa shape index (κ2) is 3.71. The lowest BCUT2D eigenvalue weighted by atomic mass is 10.2. The molecule has 0 N–H and O–H groups in total. The summed E-state index contributed by atoms with van der Waals surface area (Å²) in [6.07, 6.45) is 0. The average molecular weight is 181 g/mol. The third kappa shape index (κ3) is 1.85. The monoisotopic (exact) mass is 181 g/mol. The molecule has 0 atom stereocenters. The maximum atomic E-state index is 11.1. The molecule has 0 aliphatic carbocycles. The Balaban J connectivity index is 2.87. The summed E-state index contributed by atoms with van der Waals surface area (Å²) in [5, 5.41) is 0. The van der Waals surface area contributed by atoms with E-state index in [9.17, 15) is 4.79 Å². The first kappa shape index (κ1) is 9.25. The molecule has 0 spiro atoms. The van der Waals surface area contributed by atoms with Gasteiger partial charge in [0.15, 0.2) is 13.5 Å². The van der Waals surface area contributed by atoms with Crippen LogP contribution in [0.5, 0.6) is 0 Å². The molecule has 0 aromatic carbocycles. The highest BCUT2D eigenvalue weighted by molar-refractivity contribution is 7.19. The number of rotatable bonds is 2. The van der Waals surface area contributed by atoms with Gasteiger partial charge in [0.05, 0.1) is 6.61 Å². The smallest absolute Gasteiger partial charge is 0.358 e. The van der Waals surface area contributed by atoms with E-state index in [4.69, 9.17) is 12.6 Å². The molecule has 62 valence electrons. The minimum Gasteiger partial charge on any atom is -0.461 e. The minimum absolute atomic E-state index is 0.333. The van der Waals surface area contributed by atoms with Crippen molar-refractivity contribution in [3.8, 4) is 0 Å². The SMILES string of the molecule is [B]c1nc(C(=O)OCC)c(C)s1. The molecule has 0 fully saturated rings. The molecule has 5 heteroatoms. The topological polar surface area (TPSA) is 39.2 Å². The quantitative estimate of drug-likeness (QED) is 0.490. The van der Waals surface area contributed by atoms with Crippen molar-refractivity contribution in [1.82, 2.24) is 4.98 Å². The van der Waals surface area contributed by atoms with Crippen LogP contribution in [0.3, 0.4) is 0 Å². The van der Waals surface area contributed by atoms with Gasteiger partial charge in [-0.1, -0.05) is 0 Å². The fraction of sp³-hybridized carbons (Fsp3) is 0.429. The molecule has 0 aliphatic rings. The number of carbonyl (C=O) groups excluding carboxylic acids is 1. The molecule has 12 heavy (non-hydrogen) atoms. The van der Waals surface area contributed by atoms with Crippen molar-refractivity contribution in [3.05, 3.63) is 10.6 Å². The van der Waals surface area contributed by atoms with Crippen LogP contribution in [0.4, 0.5) is 0 Å². The zero-order valence-corrected chi connectivity index (χ0v) is 7.77. The maximum absolute atomic E-state index is 11.1. The summed E-state index contributed by atoms with van der Waals surface area (Å²) in [6.45, 7) is 3.90. The molecule has 0 amide bonds. The summed E-state index contributed by atoms with van der Waals surface area (Å²) >= 11 is 1.29. The van der Waals surface area contributed by atoms with Gasteiger partial charge in [0, 0.05) is 9.78 Å². The maximum Gasteiger partial charge on any atom is 0.358 e. The van der Waals surface area contributed by atoms with Crippen LogP contribution in [-0.2, 0) is 4.74 Å². The van der Waals surface area contributed by atoms with Gasteiger partial charge in [0.25, 0.3) is 0 Å². The van der Waals surface area contributed by atoms with Crippen LogP contribution < -0.4 is 4.91 Å². The van der Waals surface area contributed by atoms with Gasteiger partial charge in [-0.2, -0.15) is 0 Å². The lowest BCUT2D eigenvalue weighted by Crippen LogP contribution is -2.09. The van der Waals surface area contributed by atoms with E-state index in [0.29, 0.717) is 17.2 Å². The predicted octanol–water partition coefficient (Wildman–Crippen LogP) is 0.422. The van der Waals surface area contributed by atoms with Crippen LogP contribution >= 0.6 is 11.3 Å². The van der Waals surface area contributed by atoms with Crippen LogP contribution in [-0.4, -0.2) is 25.4 Å². The summed E-state index contributed by atoms with van der Waals surface area (Å²) in [5.41, 5.74) is 0.333. The van der Waals surface area contributed by atoms with Crippen LogP contribution in [0.1, 0.15) is 22.3 Å². The van der Waals surface area contributed by atoms with Gasteiger partial charge in [-0.05, 0) is 13.8 Å². The first-order valence-electron chi connectivity index (χ1n) is 3.55. The summed E-state index contributed by atoms with van der Waals surface area (Å²) in [5.74, 6) is -0.400. The Morgan fingerprint density at radius 2 is 2.42 bits per heavy atom. The molecular weight excluding hydrogens is 173 g/mol. The van der Waals surface area contributed by atoms with Crippen LogP contribution in [0.15, 0.2) is 0 Å². The number of aryl methyl sites for hydroxylation is 1. The van der Waals surface area contributed by atoms with Gasteiger partial charge in [-0.25, -0.2) is 9.78 Å². The Bertz CT molecular complexity index is 298. The van der Waals surface area contributed by atoms with E-state index in [1.165, 1.54) is 11.3 Å². The molecule has 0 saturated heterocycles. The van der Waals surface area contributed by atoms with Crippen molar-refractivity contribution in [1.29, 1.82) is 0 Å². The van der Waals surface area contributed by atoms with Gasteiger partial charge in [-0.15, -0.1) is 11.3 Å². The molecule has 2 radical (unpaired) electrons. The second-order valence-electron chi connectivity index (χ2n) is 2.18. The number of hydrogen-bond acceptors (Lipinski definition) is 4. The molecule has 0 bridgehead atoms. The standard InChI is InChI=1S/C7H8BNO2S/c1-3-11-6(10)5-4(2)12-7(8)9-5/h3H2,1-2H3. The highest BCUT2D eigenvalue weighted by atomic mass is 32.1. The summed E-state index contributed by atoms with van der Waals surface area (Å²) in [7, 11) is 5.41. The Morgan fingerprint density at radius 3 is 2.83 bits per heavy atom. The molecule has 1 aromatic heterocycles. The van der Waals surface area contributed by atoms with E-state index in [1.807, 2.05) is 0 Å². The highest BCUT2D eigenvalue weighted by Crippen LogP contribution is 2.09. The van der Waals surface area contributed by atoms with Crippen molar-refractivity contribution in [3.63, 3.8) is 0 Å². The zero-order valence-electron chi connectivity index (χ0n) is 6.96. The Morgan fingerprint density at radius 1 is 1.75 bits per heavy atom. The van der Waals surface area contributed by atoms with Crippen molar-refractivity contribution in [2.75, 3.05) is 6.61 Å². The minimum atomic E-state index is -0.400. The summed E-state index contributed by atoms with van der Waals surface area (Å²) < 4.78 is 4.77. The van der Waals surface area contributed by atoms with Gasteiger partial charge in [0.1, 0.15) is 0 Å². The van der Waals surface area contributed by atoms with E-state index in [1.54, 1.807) is 13.8 Å². The van der Waals surface area contributed by atoms with E-state index in [0.717, 1.165) is 4.88 Å². The Labute approximate surface area is 76.2 Å². The summed E-state index contributed by atoms with van der Waals surface area (Å²) in [4.78, 5) is 16.2. The first-order valence-corrected chi connectivity index (χ1v) is 4.36. The van der Waals surface area contributed by atoms with Crippen molar-refractivity contribution in [2.24, 2.45) is 0 Å². The van der Waals surface area contributed by atoms with Gasteiger partial charge in [0.2, 0.25) is 0 Å². The molecular formula is C7H8BNO2S. The predicted molar refractivity (Wildman–Crippen MR) is 48.2 cm³/mol. The fourth-order valence-corrected chi connectivity index (χ4v) is 1.48. The van der Waals surface area contributed by atoms with Gasteiger partial charge >= 0.3 is 5.97 Å². The zero-order chi connectivity index (χ0) is 9.14. The number of carbonyl (C=O) groups is 1. The van der Waals surface area contributed by atoms with E-state index in [-0.39, 0.29) is 0 Å². The Hall–Kier alpha value is -0.835. The molecule has 0 saturated carbocycles. The third-order valence-electron chi connectivity index (χ3n) is 1.28.